The molecule has 5 rings (SSSR count). The van der Waals surface area contributed by atoms with E-state index in [2.05, 4.69) is 4.72 Å². The summed E-state index contributed by atoms with van der Waals surface area (Å²) in [6.07, 6.45) is 0.505. The van der Waals surface area contributed by atoms with Gasteiger partial charge in [0.1, 0.15) is 11.3 Å². The summed E-state index contributed by atoms with van der Waals surface area (Å²) in [6.45, 7) is -0.523. The van der Waals surface area contributed by atoms with Gasteiger partial charge in [0.05, 0.1) is 18.0 Å². The Morgan fingerprint density at radius 3 is 1.98 bits per heavy atom. The number of carbonyl (C=O) groups is 2. The normalized spacial score (nSPS) is 11.2. The molecule has 5 aromatic carbocycles. The van der Waals surface area contributed by atoms with E-state index in [0.717, 1.165) is 27.8 Å². The van der Waals surface area contributed by atoms with E-state index < -0.39 is 34.2 Å². The maximum Gasteiger partial charge on any atom is 0.339 e. The summed E-state index contributed by atoms with van der Waals surface area (Å²) >= 11 is 0. The zero-order chi connectivity index (χ0) is 31.1. The minimum absolute atomic E-state index is 0.0170. The Labute approximate surface area is 255 Å². The number of aromatic carboxylic acids is 1. The van der Waals surface area contributed by atoms with Crippen molar-refractivity contribution in [3.8, 4) is 16.9 Å². The van der Waals surface area contributed by atoms with Crippen LogP contribution in [-0.4, -0.2) is 37.1 Å². The van der Waals surface area contributed by atoms with Crippen LogP contribution in [0.25, 0.3) is 11.1 Å². The first-order valence-electron chi connectivity index (χ1n) is 13.8. The van der Waals surface area contributed by atoms with Gasteiger partial charge in [0, 0.05) is 5.69 Å². The van der Waals surface area contributed by atoms with Gasteiger partial charge in [0.25, 0.3) is 0 Å². The second-order valence-electron chi connectivity index (χ2n) is 10.1. The molecule has 0 radical (unpaired) electrons. The van der Waals surface area contributed by atoms with E-state index in [9.17, 15) is 28.2 Å². The number of phenols is 1. The molecule has 9 heteroatoms. The highest BCUT2D eigenvalue weighted by molar-refractivity contribution is 7.89. The van der Waals surface area contributed by atoms with Crippen LogP contribution >= 0.6 is 0 Å². The third kappa shape index (κ3) is 7.20. The topological polar surface area (TPSA) is 124 Å². The average molecular weight is 607 g/mol. The molecule has 5 aromatic rings. The third-order valence-corrected chi connectivity index (χ3v) is 8.53. The molecule has 0 heterocycles. The summed E-state index contributed by atoms with van der Waals surface area (Å²) in [4.78, 5) is 26.5. The molecule has 0 saturated heterocycles. The Kier molecular flexibility index (Phi) is 9.18. The van der Waals surface area contributed by atoms with E-state index in [1.807, 2.05) is 66.7 Å². The number of nitrogens with zero attached hydrogens (tertiary/aromatic N) is 1. The summed E-state index contributed by atoms with van der Waals surface area (Å²) in [5.74, 6) is -2.41. The molecular formula is C35H30N2O6S. The monoisotopic (exact) mass is 606 g/mol. The number of carbonyl (C=O) groups excluding carboxylic acids is 1. The van der Waals surface area contributed by atoms with E-state index >= 15 is 0 Å². The average Bonchev–Trinajstić information content (AvgIpc) is 3.04. The summed E-state index contributed by atoms with van der Waals surface area (Å²) in [7, 11) is -4.12. The molecule has 0 aliphatic heterocycles. The van der Waals surface area contributed by atoms with Crippen molar-refractivity contribution < 1.29 is 28.2 Å². The minimum atomic E-state index is -4.12. The fourth-order valence-corrected chi connectivity index (χ4v) is 5.91. The molecule has 222 valence electrons. The number of hydrogen-bond acceptors (Lipinski definition) is 5. The third-order valence-electron chi connectivity index (χ3n) is 7.13. The van der Waals surface area contributed by atoms with Gasteiger partial charge in [-0.05, 0) is 64.6 Å². The zero-order valence-electron chi connectivity index (χ0n) is 23.6. The van der Waals surface area contributed by atoms with E-state index in [-0.39, 0.29) is 22.7 Å². The first kappa shape index (κ1) is 30.2. The van der Waals surface area contributed by atoms with Gasteiger partial charge in [0.15, 0.2) is 0 Å². The molecule has 0 atom stereocenters. The first-order chi connectivity index (χ1) is 21.2. The molecule has 44 heavy (non-hydrogen) atoms. The smallest absolute Gasteiger partial charge is 0.339 e. The molecule has 0 spiro atoms. The van der Waals surface area contributed by atoms with Crippen LogP contribution in [0, 0.1) is 0 Å². The quantitative estimate of drug-likeness (QED) is 0.173. The standard InChI is InChI=1S/C35H30N2O6S/c38-33-19-16-29(22-32(33)35(40)41)37(24-26-12-6-2-7-13-26)34(39)23-36-44(42,43)30-17-18-31(27-14-8-3-9-15-27)28(21-30)20-25-10-4-1-5-11-25/h1-19,21-22,36,38H,20,23-24H2,(H,40,41). The van der Waals surface area contributed by atoms with Crippen molar-refractivity contribution in [1.29, 1.82) is 0 Å². The van der Waals surface area contributed by atoms with E-state index in [4.69, 9.17) is 0 Å². The lowest BCUT2D eigenvalue weighted by molar-refractivity contribution is -0.117. The molecule has 0 bridgehead atoms. The van der Waals surface area contributed by atoms with Crippen molar-refractivity contribution in [3.05, 3.63) is 150 Å². The first-order valence-corrected chi connectivity index (χ1v) is 15.3. The van der Waals surface area contributed by atoms with Crippen molar-refractivity contribution in [2.45, 2.75) is 17.9 Å². The van der Waals surface area contributed by atoms with Crippen molar-refractivity contribution in [2.75, 3.05) is 11.4 Å². The molecule has 0 unspecified atom stereocenters. The molecule has 0 fully saturated rings. The van der Waals surface area contributed by atoms with E-state index in [1.165, 1.54) is 29.2 Å². The highest BCUT2D eigenvalue weighted by Crippen LogP contribution is 2.29. The Hall–Kier alpha value is -5.25. The predicted molar refractivity (Wildman–Crippen MR) is 169 cm³/mol. The number of carboxylic acids is 1. The van der Waals surface area contributed by atoms with E-state index in [1.54, 1.807) is 36.4 Å². The van der Waals surface area contributed by atoms with E-state index in [0.29, 0.717) is 6.42 Å². The van der Waals surface area contributed by atoms with Crippen LogP contribution in [-0.2, 0) is 27.8 Å². The SMILES string of the molecule is O=C(O)c1cc(N(Cc2ccccc2)C(=O)CNS(=O)(=O)c2ccc(-c3ccccc3)c(Cc3ccccc3)c2)ccc1O. The number of rotatable bonds is 11. The number of aromatic hydroxyl groups is 1. The van der Waals surface area contributed by atoms with Crippen LogP contribution in [0.5, 0.6) is 5.75 Å². The van der Waals surface area contributed by atoms with Gasteiger partial charge in [-0.1, -0.05) is 97.1 Å². The zero-order valence-corrected chi connectivity index (χ0v) is 24.4. The highest BCUT2D eigenvalue weighted by atomic mass is 32.2. The predicted octanol–water partition coefficient (Wildman–Crippen LogP) is 5.86. The minimum Gasteiger partial charge on any atom is -0.507 e. The van der Waals surface area contributed by atoms with Gasteiger partial charge >= 0.3 is 5.97 Å². The molecule has 0 saturated carbocycles. The lowest BCUT2D eigenvalue weighted by Crippen LogP contribution is -2.40. The van der Waals surface area contributed by atoms with Crippen molar-refractivity contribution in [2.24, 2.45) is 0 Å². The summed E-state index contributed by atoms with van der Waals surface area (Å²) < 4.78 is 29.4. The molecule has 8 nitrogen and oxygen atoms in total. The van der Waals surface area contributed by atoms with Crippen LogP contribution in [0.1, 0.15) is 27.0 Å². The van der Waals surface area contributed by atoms with Crippen LogP contribution < -0.4 is 9.62 Å². The molecular weight excluding hydrogens is 576 g/mol. The fourth-order valence-electron chi connectivity index (χ4n) is 4.89. The van der Waals surface area contributed by atoms with Gasteiger partial charge in [-0.15, -0.1) is 0 Å². The summed E-state index contributed by atoms with van der Waals surface area (Å²) in [5.41, 5.74) is 4.26. The Morgan fingerprint density at radius 2 is 1.34 bits per heavy atom. The van der Waals surface area contributed by atoms with Crippen molar-refractivity contribution >= 4 is 27.6 Å². The van der Waals surface area contributed by atoms with Gasteiger partial charge in [-0.25, -0.2) is 17.9 Å². The van der Waals surface area contributed by atoms with Gasteiger partial charge < -0.3 is 15.1 Å². The summed E-state index contributed by atoms with van der Waals surface area (Å²) in [5, 5.41) is 19.5. The number of hydrogen-bond donors (Lipinski definition) is 3. The van der Waals surface area contributed by atoms with Gasteiger partial charge in [-0.3, -0.25) is 4.79 Å². The Balaban J connectivity index is 1.42. The molecule has 1 amide bonds. The number of nitrogens with one attached hydrogen (secondary N) is 1. The molecule has 0 aliphatic rings. The largest absolute Gasteiger partial charge is 0.507 e. The second-order valence-corrected chi connectivity index (χ2v) is 11.9. The molecule has 3 N–H and O–H groups in total. The lowest BCUT2D eigenvalue weighted by Gasteiger charge is -2.24. The van der Waals surface area contributed by atoms with Gasteiger partial charge in [0.2, 0.25) is 15.9 Å². The van der Waals surface area contributed by atoms with Gasteiger partial charge in [-0.2, -0.15) is 0 Å². The van der Waals surface area contributed by atoms with Crippen LogP contribution in [0.15, 0.2) is 132 Å². The van der Waals surface area contributed by atoms with Crippen molar-refractivity contribution in [1.82, 2.24) is 4.72 Å². The second kappa shape index (κ2) is 13.4. The number of amides is 1. The number of benzene rings is 5. The lowest BCUT2D eigenvalue weighted by atomic mass is 9.95. The van der Waals surface area contributed by atoms with Crippen molar-refractivity contribution in [3.63, 3.8) is 0 Å². The highest BCUT2D eigenvalue weighted by Gasteiger charge is 2.23. The Morgan fingerprint density at radius 1 is 0.727 bits per heavy atom. The number of sulfonamides is 1. The maximum atomic E-state index is 13.5. The molecule has 0 aliphatic carbocycles. The van der Waals surface area contributed by atoms with Crippen LogP contribution in [0.4, 0.5) is 5.69 Å². The van der Waals surface area contributed by atoms with Crippen LogP contribution in [0.3, 0.4) is 0 Å². The summed E-state index contributed by atoms with van der Waals surface area (Å²) in [6, 6.07) is 37.2. The van der Waals surface area contributed by atoms with Crippen LogP contribution in [0.2, 0.25) is 0 Å². The molecule has 0 aromatic heterocycles. The fraction of sp³-hybridized carbons (Fsp3) is 0.0857. The number of anilines is 1. The Bertz CT molecular complexity index is 1880. The maximum absolute atomic E-state index is 13.5. The number of carboxylic acid groups (broad SMARTS) is 1.